The number of nitrogens with one attached hydrogen (secondary N) is 2. The zero-order valence-corrected chi connectivity index (χ0v) is 13.8. The smallest absolute Gasteiger partial charge is 0.259 e. The van der Waals surface area contributed by atoms with Crippen molar-refractivity contribution in [3.63, 3.8) is 0 Å². The molecule has 0 fully saturated rings. The predicted molar refractivity (Wildman–Crippen MR) is 94.4 cm³/mol. The van der Waals surface area contributed by atoms with Crippen molar-refractivity contribution in [3.05, 3.63) is 63.7 Å². The minimum atomic E-state index is -0.177. The van der Waals surface area contributed by atoms with Crippen LogP contribution in [0.2, 0.25) is 0 Å². The molecule has 108 valence electrons. The van der Waals surface area contributed by atoms with E-state index in [1.807, 2.05) is 61.5 Å². The molecule has 0 radical (unpaired) electrons. The third kappa shape index (κ3) is 5.18. The molecule has 0 atom stereocenters. The Bertz CT molecular complexity index is 624. The molecule has 2 rings (SSSR count). The van der Waals surface area contributed by atoms with Crippen LogP contribution in [-0.2, 0) is 4.79 Å². The molecule has 0 saturated heterocycles. The maximum absolute atomic E-state index is 11.7. The highest BCUT2D eigenvalue weighted by Crippen LogP contribution is 2.07. The molecule has 21 heavy (non-hydrogen) atoms. The minimum Gasteiger partial charge on any atom is -0.376 e. The number of benzene rings is 2. The Balaban J connectivity index is 1.85. The highest BCUT2D eigenvalue weighted by atomic mass is 127. The number of amides is 1. The van der Waals surface area contributed by atoms with E-state index in [0.29, 0.717) is 0 Å². The number of hydrogen-bond acceptors (Lipinski definition) is 3. The van der Waals surface area contributed by atoms with Crippen molar-refractivity contribution in [1.82, 2.24) is 5.43 Å². The predicted octanol–water partition coefficient (Wildman–Crippen LogP) is 3.24. The topological polar surface area (TPSA) is 53.5 Å². The van der Waals surface area contributed by atoms with Crippen LogP contribution in [0.4, 0.5) is 5.69 Å². The summed E-state index contributed by atoms with van der Waals surface area (Å²) in [6.45, 7) is 2.06. The summed E-state index contributed by atoms with van der Waals surface area (Å²) < 4.78 is 1.17. The summed E-state index contributed by atoms with van der Waals surface area (Å²) in [6, 6.07) is 17.6. The summed E-state index contributed by atoms with van der Waals surface area (Å²) in [5.41, 5.74) is 5.23. The van der Waals surface area contributed by atoms with E-state index in [-0.39, 0.29) is 12.5 Å². The lowest BCUT2D eigenvalue weighted by Gasteiger charge is -2.06. The molecule has 0 aromatic heterocycles. The molecule has 0 saturated carbocycles. The van der Waals surface area contributed by atoms with Gasteiger partial charge in [-0.2, -0.15) is 5.10 Å². The average Bonchev–Trinajstić information content (AvgIpc) is 2.52. The van der Waals surface area contributed by atoms with Crippen molar-refractivity contribution in [1.29, 1.82) is 0 Å². The van der Waals surface area contributed by atoms with E-state index in [4.69, 9.17) is 0 Å². The molecule has 0 aliphatic carbocycles. The van der Waals surface area contributed by atoms with Gasteiger partial charge in [0.05, 0.1) is 12.3 Å². The first-order chi connectivity index (χ1) is 10.1. The van der Waals surface area contributed by atoms with Gasteiger partial charge in [0.1, 0.15) is 0 Å². The van der Waals surface area contributed by atoms with Gasteiger partial charge in [-0.15, -0.1) is 0 Å². The van der Waals surface area contributed by atoms with Gasteiger partial charge in [-0.25, -0.2) is 5.43 Å². The summed E-state index contributed by atoms with van der Waals surface area (Å²) in [5.74, 6) is -0.177. The Morgan fingerprint density at radius 3 is 2.43 bits per heavy atom. The van der Waals surface area contributed by atoms with Crippen molar-refractivity contribution in [2.75, 3.05) is 11.9 Å². The first-order valence-electron chi connectivity index (χ1n) is 6.53. The van der Waals surface area contributed by atoms with Crippen LogP contribution in [0.25, 0.3) is 0 Å². The number of nitrogens with zero attached hydrogens (tertiary/aromatic N) is 1. The molecule has 2 aromatic rings. The summed E-state index contributed by atoms with van der Waals surface area (Å²) in [6.07, 6.45) is 0. The van der Waals surface area contributed by atoms with E-state index < -0.39 is 0 Å². The van der Waals surface area contributed by atoms with Crippen molar-refractivity contribution in [2.45, 2.75) is 6.92 Å². The standard InChI is InChI=1S/C16H16IN3O/c1-12(13-7-9-14(17)10-8-13)19-20-16(21)11-18-15-5-3-2-4-6-15/h2-10,18H,11H2,1H3,(H,20,21)/b19-12-. The Kier molecular flexibility index (Phi) is 5.74. The molecule has 0 unspecified atom stereocenters. The van der Waals surface area contributed by atoms with Crippen molar-refractivity contribution >= 4 is 39.9 Å². The fourth-order valence-electron chi connectivity index (χ4n) is 1.68. The number of hydrogen-bond donors (Lipinski definition) is 2. The second kappa shape index (κ2) is 7.78. The second-order valence-corrected chi connectivity index (χ2v) is 5.70. The van der Waals surface area contributed by atoms with Crippen LogP contribution < -0.4 is 10.7 Å². The second-order valence-electron chi connectivity index (χ2n) is 4.46. The Hall–Kier alpha value is -1.89. The van der Waals surface area contributed by atoms with Gasteiger partial charge in [0.25, 0.3) is 5.91 Å². The fourth-order valence-corrected chi connectivity index (χ4v) is 2.04. The van der Waals surface area contributed by atoms with Crippen molar-refractivity contribution in [2.24, 2.45) is 5.10 Å². The van der Waals surface area contributed by atoms with Crippen LogP contribution >= 0.6 is 22.6 Å². The minimum absolute atomic E-state index is 0.177. The number of carbonyl (C=O) groups is 1. The SMILES string of the molecule is C/C(=N/NC(=O)CNc1ccccc1)c1ccc(I)cc1. The van der Waals surface area contributed by atoms with E-state index in [0.717, 1.165) is 17.0 Å². The fraction of sp³-hybridized carbons (Fsp3) is 0.125. The van der Waals surface area contributed by atoms with E-state index >= 15 is 0 Å². The van der Waals surface area contributed by atoms with Gasteiger partial charge in [-0.1, -0.05) is 30.3 Å². The number of anilines is 1. The van der Waals surface area contributed by atoms with Gasteiger partial charge in [-0.05, 0) is 59.3 Å². The van der Waals surface area contributed by atoms with Crippen LogP contribution in [0.3, 0.4) is 0 Å². The highest BCUT2D eigenvalue weighted by molar-refractivity contribution is 14.1. The molecule has 0 spiro atoms. The largest absolute Gasteiger partial charge is 0.376 e. The Labute approximate surface area is 137 Å². The summed E-state index contributed by atoms with van der Waals surface area (Å²) >= 11 is 2.25. The number of para-hydroxylation sites is 1. The van der Waals surface area contributed by atoms with Crippen LogP contribution in [0.5, 0.6) is 0 Å². The molecule has 0 aliphatic rings. The molecule has 2 aromatic carbocycles. The average molecular weight is 393 g/mol. The molecule has 1 amide bonds. The molecule has 0 bridgehead atoms. The number of hydrazone groups is 1. The summed E-state index contributed by atoms with van der Waals surface area (Å²) in [5, 5.41) is 7.14. The monoisotopic (exact) mass is 393 g/mol. The molecule has 0 aliphatic heterocycles. The van der Waals surface area contributed by atoms with Gasteiger partial charge < -0.3 is 5.32 Å². The third-order valence-electron chi connectivity index (χ3n) is 2.84. The lowest BCUT2D eigenvalue weighted by molar-refractivity contribution is -0.119. The zero-order valence-electron chi connectivity index (χ0n) is 11.6. The Morgan fingerprint density at radius 2 is 1.76 bits per heavy atom. The van der Waals surface area contributed by atoms with Crippen molar-refractivity contribution in [3.8, 4) is 0 Å². The third-order valence-corrected chi connectivity index (χ3v) is 3.56. The molecular weight excluding hydrogens is 377 g/mol. The van der Waals surface area contributed by atoms with Crippen LogP contribution in [0.1, 0.15) is 12.5 Å². The summed E-state index contributed by atoms with van der Waals surface area (Å²) in [4.78, 5) is 11.7. The zero-order chi connectivity index (χ0) is 15.1. The number of carbonyl (C=O) groups excluding carboxylic acids is 1. The van der Waals surface area contributed by atoms with E-state index in [1.165, 1.54) is 3.57 Å². The number of rotatable bonds is 5. The van der Waals surface area contributed by atoms with Crippen LogP contribution in [0, 0.1) is 3.57 Å². The van der Waals surface area contributed by atoms with Gasteiger partial charge in [0.2, 0.25) is 0 Å². The highest BCUT2D eigenvalue weighted by Gasteiger charge is 2.01. The Morgan fingerprint density at radius 1 is 1.10 bits per heavy atom. The molecule has 5 heteroatoms. The maximum atomic E-state index is 11.7. The van der Waals surface area contributed by atoms with Gasteiger partial charge in [0, 0.05) is 9.26 Å². The molecule has 4 nitrogen and oxygen atoms in total. The van der Waals surface area contributed by atoms with Gasteiger partial charge >= 0.3 is 0 Å². The van der Waals surface area contributed by atoms with E-state index in [2.05, 4.69) is 38.4 Å². The van der Waals surface area contributed by atoms with Crippen molar-refractivity contribution < 1.29 is 4.79 Å². The molecule has 2 N–H and O–H groups in total. The molecular formula is C16H16IN3O. The lowest BCUT2D eigenvalue weighted by Crippen LogP contribution is -2.26. The first-order valence-corrected chi connectivity index (χ1v) is 7.61. The normalized spacial score (nSPS) is 11.0. The van der Waals surface area contributed by atoms with Gasteiger partial charge in [0.15, 0.2) is 0 Å². The van der Waals surface area contributed by atoms with E-state index in [1.54, 1.807) is 0 Å². The van der Waals surface area contributed by atoms with Crippen LogP contribution in [0.15, 0.2) is 59.7 Å². The van der Waals surface area contributed by atoms with E-state index in [9.17, 15) is 4.79 Å². The maximum Gasteiger partial charge on any atom is 0.259 e. The van der Waals surface area contributed by atoms with Gasteiger partial charge in [-0.3, -0.25) is 4.79 Å². The quantitative estimate of drug-likeness (QED) is 0.466. The lowest BCUT2D eigenvalue weighted by atomic mass is 10.1. The number of halogens is 1. The van der Waals surface area contributed by atoms with Crippen LogP contribution in [-0.4, -0.2) is 18.2 Å². The summed E-state index contributed by atoms with van der Waals surface area (Å²) in [7, 11) is 0. The molecule has 0 heterocycles. The first kappa shape index (κ1) is 15.5.